The average Bonchev–Trinajstić information content (AvgIpc) is 2.60. The van der Waals surface area contributed by atoms with Gasteiger partial charge in [0.2, 0.25) is 5.91 Å². The van der Waals surface area contributed by atoms with Gasteiger partial charge in [-0.1, -0.05) is 0 Å². The van der Waals surface area contributed by atoms with Crippen LogP contribution in [0.15, 0.2) is 36.9 Å². The molecule has 23 heavy (non-hydrogen) atoms. The standard InChI is InChI=1S/C17H23N5O/c1-3-22(4-2)16-11-14(7-8-20-16)5-6-17(23)21-13-15-12-18-9-10-19-15/h7-12H,3-6,13H2,1-2H3,(H,21,23). The van der Waals surface area contributed by atoms with Crippen LogP contribution in [0.25, 0.3) is 0 Å². The molecule has 0 bridgehead atoms. The van der Waals surface area contributed by atoms with E-state index < -0.39 is 0 Å². The molecule has 0 atom stereocenters. The Morgan fingerprint density at radius 3 is 2.70 bits per heavy atom. The number of hydrogen-bond acceptors (Lipinski definition) is 5. The Morgan fingerprint density at radius 2 is 2.00 bits per heavy atom. The third-order valence-corrected chi connectivity index (χ3v) is 3.62. The SMILES string of the molecule is CCN(CC)c1cc(CCC(=O)NCc2cnccn2)ccn1. The summed E-state index contributed by atoms with van der Waals surface area (Å²) in [5.74, 6) is 0.976. The van der Waals surface area contributed by atoms with Gasteiger partial charge in [0.25, 0.3) is 0 Å². The molecule has 2 rings (SSSR count). The van der Waals surface area contributed by atoms with E-state index in [-0.39, 0.29) is 5.91 Å². The van der Waals surface area contributed by atoms with Gasteiger partial charge >= 0.3 is 0 Å². The molecule has 2 heterocycles. The van der Waals surface area contributed by atoms with Crippen molar-refractivity contribution in [3.05, 3.63) is 48.2 Å². The highest BCUT2D eigenvalue weighted by molar-refractivity contribution is 5.76. The smallest absolute Gasteiger partial charge is 0.220 e. The molecule has 0 aliphatic rings. The maximum absolute atomic E-state index is 11.9. The zero-order chi connectivity index (χ0) is 16.5. The van der Waals surface area contributed by atoms with E-state index >= 15 is 0 Å². The minimum atomic E-state index is 0.0110. The van der Waals surface area contributed by atoms with E-state index in [1.807, 2.05) is 6.07 Å². The second-order valence-corrected chi connectivity index (χ2v) is 5.17. The predicted octanol–water partition coefficient (Wildman–Crippen LogP) is 1.97. The minimum Gasteiger partial charge on any atom is -0.357 e. The molecule has 0 saturated heterocycles. The van der Waals surface area contributed by atoms with E-state index in [0.29, 0.717) is 19.4 Å². The Morgan fingerprint density at radius 1 is 1.17 bits per heavy atom. The van der Waals surface area contributed by atoms with Gasteiger partial charge in [0.05, 0.1) is 18.4 Å². The molecular weight excluding hydrogens is 290 g/mol. The van der Waals surface area contributed by atoms with Gasteiger partial charge < -0.3 is 10.2 Å². The summed E-state index contributed by atoms with van der Waals surface area (Å²) >= 11 is 0. The van der Waals surface area contributed by atoms with E-state index in [9.17, 15) is 4.79 Å². The van der Waals surface area contributed by atoms with Gasteiger partial charge in [-0.3, -0.25) is 14.8 Å². The number of rotatable bonds is 8. The molecule has 122 valence electrons. The Labute approximate surface area is 137 Å². The number of amides is 1. The number of carbonyl (C=O) groups excluding carboxylic acids is 1. The number of pyridine rings is 1. The quantitative estimate of drug-likeness (QED) is 0.807. The van der Waals surface area contributed by atoms with Crippen molar-refractivity contribution in [3.63, 3.8) is 0 Å². The van der Waals surface area contributed by atoms with E-state index in [0.717, 1.165) is 30.2 Å². The van der Waals surface area contributed by atoms with E-state index in [1.165, 1.54) is 0 Å². The van der Waals surface area contributed by atoms with Crippen molar-refractivity contribution in [3.8, 4) is 0 Å². The number of nitrogens with zero attached hydrogens (tertiary/aromatic N) is 4. The predicted molar refractivity (Wildman–Crippen MR) is 90.0 cm³/mol. The number of hydrogen-bond donors (Lipinski definition) is 1. The summed E-state index contributed by atoms with van der Waals surface area (Å²) in [5.41, 5.74) is 1.88. The Balaban J connectivity index is 1.83. The van der Waals surface area contributed by atoms with Gasteiger partial charge in [-0.25, -0.2) is 4.98 Å². The molecule has 0 unspecified atom stereocenters. The van der Waals surface area contributed by atoms with Gasteiger partial charge in [0.15, 0.2) is 0 Å². The fourth-order valence-corrected chi connectivity index (χ4v) is 2.29. The first-order valence-corrected chi connectivity index (χ1v) is 7.94. The Kier molecular flexibility index (Phi) is 6.47. The minimum absolute atomic E-state index is 0.0110. The summed E-state index contributed by atoms with van der Waals surface area (Å²) in [7, 11) is 0. The summed E-state index contributed by atoms with van der Waals surface area (Å²) in [6.45, 7) is 6.47. The first-order chi connectivity index (χ1) is 11.2. The van der Waals surface area contributed by atoms with E-state index in [4.69, 9.17) is 0 Å². The number of anilines is 1. The molecule has 1 amide bonds. The molecule has 0 spiro atoms. The van der Waals surface area contributed by atoms with Crippen LogP contribution in [-0.4, -0.2) is 33.9 Å². The maximum Gasteiger partial charge on any atom is 0.220 e. The highest BCUT2D eigenvalue weighted by Crippen LogP contribution is 2.13. The van der Waals surface area contributed by atoms with Crippen LogP contribution in [0.3, 0.4) is 0 Å². The van der Waals surface area contributed by atoms with Gasteiger partial charge in [-0.05, 0) is 38.0 Å². The topological polar surface area (TPSA) is 71.0 Å². The van der Waals surface area contributed by atoms with Crippen molar-refractivity contribution in [2.24, 2.45) is 0 Å². The molecule has 2 aromatic rings. The molecule has 0 aliphatic heterocycles. The van der Waals surface area contributed by atoms with Crippen molar-refractivity contribution in [2.75, 3.05) is 18.0 Å². The van der Waals surface area contributed by atoms with Crippen LogP contribution in [0.2, 0.25) is 0 Å². The number of aromatic nitrogens is 3. The van der Waals surface area contributed by atoms with Crippen molar-refractivity contribution < 1.29 is 4.79 Å². The fraction of sp³-hybridized carbons (Fsp3) is 0.412. The van der Waals surface area contributed by atoms with E-state index in [1.54, 1.807) is 24.8 Å². The monoisotopic (exact) mass is 313 g/mol. The lowest BCUT2D eigenvalue weighted by molar-refractivity contribution is -0.121. The van der Waals surface area contributed by atoms with Crippen molar-refractivity contribution >= 4 is 11.7 Å². The van der Waals surface area contributed by atoms with Gasteiger partial charge in [0, 0.05) is 38.1 Å². The molecule has 0 aliphatic carbocycles. The third-order valence-electron chi connectivity index (χ3n) is 3.62. The zero-order valence-corrected chi connectivity index (χ0v) is 13.7. The summed E-state index contributed by atoms with van der Waals surface area (Å²) < 4.78 is 0. The van der Waals surface area contributed by atoms with Crippen LogP contribution in [0.4, 0.5) is 5.82 Å². The highest BCUT2D eigenvalue weighted by Gasteiger charge is 2.06. The fourth-order valence-electron chi connectivity index (χ4n) is 2.29. The van der Waals surface area contributed by atoms with Crippen LogP contribution in [0, 0.1) is 0 Å². The second kappa shape index (κ2) is 8.82. The average molecular weight is 313 g/mol. The molecular formula is C17H23N5O. The normalized spacial score (nSPS) is 10.3. The lowest BCUT2D eigenvalue weighted by atomic mass is 10.1. The third kappa shape index (κ3) is 5.32. The highest BCUT2D eigenvalue weighted by atomic mass is 16.1. The van der Waals surface area contributed by atoms with Gasteiger partial charge in [-0.2, -0.15) is 0 Å². The lowest BCUT2D eigenvalue weighted by Crippen LogP contribution is -2.24. The van der Waals surface area contributed by atoms with Crippen LogP contribution in [-0.2, 0) is 17.8 Å². The number of nitrogens with one attached hydrogen (secondary N) is 1. The molecule has 0 saturated carbocycles. The van der Waals surface area contributed by atoms with Crippen molar-refractivity contribution in [1.29, 1.82) is 0 Å². The van der Waals surface area contributed by atoms with E-state index in [2.05, 4.69) is 45.1 Å². The first-order valence-electron chi connectivity index (χ1n) is 7.94. The Hall–Kier alpha value is -2.50. The molecule has 0 radical (unpaired) electrons. The molecule has 1 N–H and O–H groups in total. The maximum atomic E-state index is 11.9. The summed E-state index contributed by atoms with van der Waals surface area (Å²) in [6.07, 6.45) is 7.83. The van der Waals surface area contributed by atoms with Crippen molar-refractivity contribution in [1.82, 2.24) is 20.3 Å². The molecule has 6 nitrogen and oxygen atoms in total. The second-order valence-electron chi connectivity index (χ2n) is 5.17. The van der Waals surface area contributed by atoms with Gasteiger partial charge in [-0.15, -0.1) is 0 Å². The lowest BCUT2D eigenvalue weighted by Gasteiger charge is -2.20. The molecule has 0 aromatic carbocycles. The zero-order valence-electron chi connectivity index (χ0n) is 13.7. The van der Waals surface area contributed by atoms with Gasteiger partial charge in [0.1, 0.15) is 5.82 Å². The number of aryl methyl sites for hydroxylation is 1. The van der Waals surface area contributed by atoms with Crippen LogP contribution < -0.4 is 10.2 Å². The summed E-state index contributed by atoms with van der Waals surface area (Å²) in [4.78, 5) is 26.6. The summed E-state index contributed by atoms with van der Waals surface area (Å²) in [6, 6.07) is 4.02. The number of carbonyl (C=O) groups is 1. The van der Waals surface area contributed by atoms with Crippen molar-refractivity contribution in [2.45, 2.75) is 33.2 Å². The molecule has 0 fully saturated rings. The molecule has 2 aromatic heterocycles. The summed E-state index contributed by atoms with van der Waals surface area (Å²) in [5, 5.41) is 2.86. The van der Waals surface area contributed by atoms with Crippen LogP contribution in [0.1, 0.15) is 31.5 Å². The molecule has 6 heteroatoms. The van der Waals surface area contributed by atoms with Crippen LogP contribution in [0.5, 0.6) is 0 Å². The first kappa shape index (κ1) is 16.9. The largest absolute Gasteiger partial charge is 0.357 e. The van der Waals surface area contributed by atoms with Crippen LogP contribution >= 0.6 is 0 Å². The Bertz CT molecular complexity index is 613.